The number of nitriles is 2. The highest BCUT2D eigenvalue weighted by atomic mass is 32.1. The van der Waals surface area contributed by atoms with Crippen LogP contribution in [0.1, 0.15) is 11.1 Å². The fourth-order valence-corrected chi connectivity index (χ4v) is 16.6. The molecule has 0 saturated carbocycles. The summed E-state index contributed by atoms with van der Waals surface area (Å²) in [4.78, 5) is 0. The van der Waals surface area contributed by atoms with Gasteiger partial charge in [0.05, 0.1) is 69.8 Å². The zero-order valence-electron chi connectivity index (χ0n) is 40.2. The average Bonchev–Trinajstić information content (AvgIpc) is 4.50. The molecule has 0 aliphatic carbocycles. The van der Waals surface area contributed by atoms with E-state index in [1.54, 1.807) is 34.0 Å². The SMILES string of the molecule is N#Cc1c(-c2ccccc2)c(-n2c3ccccc3c3ccc4c5ccccc5sc4c32)c(C#N)c(-n2c3ccccc3c3ccc4c5ccccc5sc4c32)c1-n1c2ccccc2c2ccc3c4ccccc4sc3c21. The highest BCUT2D eigenvalue weighted by molar-refractivity contribution is 7.27. The fraction of sp³-hybridized carbons (Fsp3) is 0. The zero-order chi connectivity index (χ0) is 49.9. The lowest BCUT2D eigenvalue weighted by Crippen LogP contribution is -2.14. The summed E-state index contributed by atoms with van der Waals surface area (Å²) in [5.74, 6) is 0. The average molecular weight is 1020 g/mol. The van der Waals surface area contributed by atoms with Crippen LogP contribution in [0.5, 0.6) is 0 Å². The molecule has 0 fully saturated rings. The Bertz CT molecular complexity index is 5510. The maximum Gasteiger partial charge on any atom is 0.104 e. The molecule has 0 spiro atoms. The van der Waals surface area contributed by atoms with Crippen LogP contribution in [-0.2, 0) is 0 Å². The Morgan fingerprint density at radius 3 is 0.987 bits per heavy atom. The standard InChI is InChI=1S/C68H35N5S3/c69-36-51-59(38-16-2-1-3-17-38)60(71-53-24-10-4-18-39(53)45-30-33-48-42-21-7-13-27-56(42)74-66(48)63(45)71)52(37-70)62(73-55-26-12-6-20-41(55)47-32-35-50-44-23-9-15-29-58(44)76-68(50)65(47)73)61(51)72-54-25-11-5-19-40(54)46-31-34-49-43-22-8-14-28-57(43)75-67(49)64(46)72/h1-35H. The molecule has 17 aromatic rings. The molecule has 0 radical (unpaired) electrons. The molecule has 0 bridgehead atoms. The van der Waals surface area contributed by atoms with Crippen molar-refractivity contribution in [3.8, 4) is 40.3 Å². The number of para-hydroxylation sites is 3. The molecule has 0 unspecified atom stereocenters. The van der Waals surface area contributed by atoms with Crippen molar-refractivity contribution in [1.82, 2.24) is 13.7 Å². The summed E-state index contributed by atoms with van der Waals surface area (Å²) in [6.45, 7) is 0. The second-order valence-electron chi connectivity index (χ2n) is 19.6. The van der Waals surface area contributed by atoms with Crippen LogP contribution in [0.2, 0.25) is 0 Å². The third-order valence-corrected chi connectivity index (χ3v) is 19.5. The van der Waals surface area contributed by atoms with Gasteiger partial charge in [0.1, 0.15) is 17.7 Å². The van der Waals surface area contributed by atoms with Gasteiger partial charge in [-0.1, -0.05) is 176 Å². The minimum atomic E-state index is 0.462. The van der Waals surface area contributed by atoms with Crippen molar-refractivity contribution in [2.75, 3.05) is 0 Å². The number of hydrogen-bond donors (Lipinski definition) is 0. The fourth-order valence-electron chi connectivity index (χ4n) is 12.9. The van der Waals surface area contributed by atoms with Gasteiger partial charge in [0.2, 0.25) is 0 Å². The second kappa shape index (κ2) is 15.5. The summed E-state index contributed by atoms with van der Waals surface area (Å²) in [6, 6.07) is 81.5. The van der Waals surface area contributed by atoms with E-state index in [0.717, 1.165) is 101 Å². The number of fused-ring (bicyclic) bond motifs is 21. The van der Waals surface area contributed by atoms with E-state index < -0.39 is 0 Å². The van der Waals surface area contributed by atoms with Crippen LogP contribution in [0.25, 0.3) is 154 Å². The molecule has 0 amide bonds. The lowest BCUT2D eigenvalue weighted by atomic mass is 9.91. The van der Waals surface area contributed by atoms with E-state index >= 15 is 0 Å². The maximum atomic E-state index is 12.8. The van der Waals surface area contributed by atoms with Gasteiger partial charge < -0.3 is 13.7 Å². The van der Waals surface area contributed by atoms with Crippen LogP contribution in [-0.4, -0.2) is 13.7 Å². The summed E-state index contributed by atoms with van der Waals surface area (Å²) in [5, 5.41) is 39.0. The van der Waals surface area contributed by atoms with Crippen molar-refractivity contribution in [3.63, 3.8) is 0 Å². The number of benzene rings is 11. The van der Waals surface area contributed by atoms with Crippen molar-refractivity contribution < 1.29 is 0 Å². The number of hydrogen-bond acceptors (Lipinski definition) is 5. The van der Waals surface area contributed by atoms with E-state index in [9.17, 15) is 10.5 Å². The van der Waals surface area contributed by atoms with Gasteiger partial charge in [-0.3, -0.25) is 0 Å². The molecule has 0 atom stereocenters. The minimum absolute atomic E-state index is 0.462. The number of thiophene rings is 3. The van der Waals surface area contributed by atoms with Gasteiger partial charge in [0.15, 0.2) is 0 Å². The third-order valence-electron chi connectivity index (χ3n) is 15.9. The molecule has 0 saturated heterocycles. The predicted molar refractivity (Wildman–Crippen MR) is 323 cm³/mol. The Hall–Kier alpha value is -9.54. The van der Waals surface area contributed by atoms with Crippen LogP contribution in [0.4, 0.5) is 0 Å². The number of nitrogens with zero attached hydrogens (tertiary/aromatic N) is 5. The molecular formula is C68H35N5S3. The number of aromatic nitrogens is 3. The van der Waals surface area contributed by atoms with Crippen molar-refractivity contribution in [2.45, 2.75) is 0 Å². The second-order valence-corrected chi connectivity index (χ2v) is 22.8. The Kier molecular flexibility index (Phi) is 8.54. The Morgan fingerprint density at radius 2 is 0.592 bits per heavy atom. The molecule has 8 heteroatoms. The first-order chi connectivity index (χ1) is 37.7. The van der Waals surface area contributed by atoms with Crippen molar-refractivity contribution in [1.29, 1.82) is 10.5 Å². The summed E-state index contributed by atoms with van der Waals surface area (Å²) >= 11 is 5.34. The first-order valence-electron chi connectivity index (χ1n) is 25.3. The quantitative estimate of drug-likeness (QED) is 0.176. The molecule has 5 nitrogen and oxygen atoms in total. The largest absolute Gasteiger partial charge is 0.306 e. The van der Waals surface area contributed by atoms with Gasteiger partial charge in [-0.25, -0.2) is 0 Å². The summed E-state index contributed by atoms with van der Waals surface area (Å²) in [7, 11) is 0. The molecule has 0 aliphatic rings. The van der Waals surface area contributed by atoms with Crippen molar-refractivity contribution in [3.05, 3.63) is 223 Å². The monoisotopic (exact) mass is 1020 g/mol. The van der Waals surface area contributed by atoms with Crippen molar-refractivity contribution >= 4 is 160 Å². The molecular weight excluding hydrogens is 983 g/mol. The topological polar surface area (TPSA) is 62.4 Å². The molecule has 6 heterocycles. The molecule has 76 heavy (non-hydrogen) atoms. The summed E-state index contributed by atoms with van der Waals surface area (Å²) in [5.41, 5.74) is 10.3. The normalized spacial score (nSPS) is 12.2. The number of rotatable bonds is 4. The zero-order valence-corrected chi connectivity index (χ0v) is 42.6. The van der Waals surface area contributed by atoms with Gasteiger partial charge in [-0.2, -0.15) is 10.5 Å². The lowest BCUT2D eigenvalue weighted by molar-refractivity contribution is 1.06. The van der Waals surface area contributed by atoms with Crippen molar-refractivity contribution in [2.24, 2.45) is 0 Å². The van der Waals surface area contributed by atoms with Gasteiger partial charge >= 0.3 is 0 Å². The Balaban J connectivity index is 1.19. The summed E-state index contributed by atoms with van der Waals surface area (Å²) in [6.07, 6.45) is 0. The lowest BCUT2D eigenvalue weighted by Gasteiger charge is -2.26. The summed E-state index contributed by atoms with van der Waals surface area (Å²) < 4.78 is 14.0. The van der Waals surface area contributed by atoms with E-state index in [4.69, 9.17) is 0 Å². The van der Waals surface area contributed by atoms with Gasteiger partial charge in [0, 0.05) is 84.3 Å². The molecule has 0 aliphatic heterocycles. The van der Waals surface area contributed by atoms with Crippen LogP contribution < -0.4 is 0 Å². The van der Waals surface area contributed by atoms with Crippen LogP contribution in [0.3, 0.4) is 0 Å². The Labute approximate surface area is 445 Å². The molecule has 17 rings (SSSR count). The first kappa shape index (κ1) is 41.9. The van der Waals surface area contributed by atoms with E-state index in [0.29, 0.717) is 33.8 Å². The Morgan fingerprint density at radius 1 is 0.276 bits per heavy atom. The molecule has 11 aromatic carbocycles. The van der Waals surface area contributed by atoms with E-state index in [2.05, 4.69) is 220 Å². The van der Waals surface area contributed by atoms with Gasteiger partial charge in [-0.15, -0.1) is 34.0 Å². The smallest absolute Gasteiger partial charge is 0.104 e. The molecule has 6 aromatic heterocycles. The third kappa shape index (κ3) is 5.39. The van der Waals surface area contributed by atoms with Crippen LogP contribution >= 0.6 is 34.0 Å². The predicted octanol–water partition coefficient (Wildman–Crippen LogP) is 19.5. The van der Waals surface area contributed by atoms with Crippen LogP contribution in [0, 0.1) is 22.7 Å². The van der Waals surface area contributed by atoms with E-state index in [1.165, 1.54) is 30.3 Å². The first-order valence-corrected chi connectivity index (χ1v) is 27.7. The van der Waals surface area contributed by atoms with Gasteiger partial charge in [-0.05, 0) is 42.0 Å². The molecule has 350 valence electrons. The van der Waals surface area contributed by atoms with E-state index in [-0.39, 0.29) is 0 Å². The van der Waals surface area contributed by atoms with E-state index in [1.807, 2.05) is 18.2 Å². The minimum Gasteiger partial charge on any atom is -0.306 e. The molecule has 0 N–H and O–H groups in total. The highest BCUT2D eigenvalue weighted by Crippen LogP contribution is 2.53. The van der Waals surface area contributed by atoms with Crippen LogP contribution in [0.15, 0.2) is 212 Å². The van der Waals surface area contributed by atoms with Gasteiger partial charge in [0.25, 0.3) is 0 Å². The maximum absolute atomic E-state index is 12.8. The highest BCUT2D eigenvalue weighted by Gasteiger charge is 2.34.